The van der Waals surface area contributed by atoms with Gasteiger partial charge in [-0.2, -0.15) is 9.57 Å². The van der Waals surface area contributed by atoms with E-state index in [9.17, 15) is 18.5 Å². The molecule has 0 aliphatic carbocycles. The van der Waals surface area contributed by atoms with E-state index in [4.69, 9.17) is 4.74 Å². The first-order valence-electron chi connectivity index (χ1n) is 13.3. The van der Waals surface area contributed by atoms with Crippen LogP contribution in [0.25, 0.3) is 0 Å². The minimum Gasteiger partial charge on any atom is -0.453 e. The number of nitriles is 1. The van der Waals surface area contributed by atoms with E-state index in [1.807, 2.05) is 30.7 Å². The van der Waals surface area contributed by atoms with Gasteiger partial charge in [0.2, 0.25) is 0 Å². The lowest BCUT2D eigenvalue weighted by molar-refractivity contribution is 0.124. The molecule has 12 heteroatoms. The van der Waals surface area contributed by atoms with Crippen LogP contribution in [0, 0.1) is 11.3 Å². The third kappa shape index (κ3) is 6.43. The maximum Gasteiger partial charge on any atom is 0.409 e. The van der Waals surface area contributed by atoms with E-state index in [-0.39, 0.29) is 11.6 Å². The summed E-state index contributed by atoms with van der Waals surface area (Å²) < 4.78 is 36.3. The zero-order chi connectivity index (χ0) is 28.7. The number of imidazole rings is 1. The molecule has 212 valence electrons. The lowest BCUT2D eigenvalue weighted by Gasteiger charge is -2.40. The van der Waals surface area contributed by atoms with Gasteiger partial charge in [-0.3, -0.25) is 0 Å². The number of ether oxygens (including phenoxy) is 1. The Hall–Kier alpha value is -3.95. The van der Waals surface area contributed by atoms with Gasteiger partial charge in [-0.25, -0.2) is 23.2 Å². The molecule has 0 spiro atoms. The number of aryl methyl sites for hydroxylation is 1. The second-order valence-electron chi connectivity index (χ2n) is 9.73. The molecule has 0 saturated carbocycles. The van der Waals surface area contributed by atoms with Crippen molar-refractivity contribution in [3.63, 3.8) is 0 Å². The highest BCUT2D eigenvalue weighted by atomic mass is 32.2. The van der Waals surface area contributed by atoms with Crippen molar-refractivity contribution in [1.82, 2.24) is 23.7 Å². The van der Waals surface area contributed by atoms with Crippen molar-refractivity contribution in [3.8, 4) is 6.07 Å². The number of carbonyl (C=O) groups is 1. The molecule has 1 unspecified atom stereocenters. The van der Waals surface area contributed by atoms with Crippen LogP contribution in [0.3, 0.4) is 0 Å². The highest BCUT2D eigenvalue weighted by Crippen LogP contribution is 2.33. The third-order valence-electron chi connectivity index (χ3n) is 7.19. The van der Waals surface area contributed by atoms with E-state index in [1.165, 1.54) is 19.4 Å². The average molecular weight is 566 g/mol. The summed E-state index contributed by atoms with van der Waals surface area (Å²) in [4.78, 5) is 24.1. The number of nitrogens with zero attached hydrogens (tertiary/aromatic N) is 7. The molecule has 0 bridgehead atoms. The average Bonchev–Trinajstić information content (AvgIpc) is 3.38. The van der Waals surface area contributed by atoms with E-state index in [0.29, 0.717) is 51.0 Å². The van der Waals surface area contributed by atoms with Gasteiger partial charge in [-0.05, 0) is 62.1 Å². The monoisotopic (exact) mass is 565 g/mol. The smallest absolute Gasteiger partial charge is 0.409 e. The van der Waals surface area contributed by atoms with Gasteiger partial charge in [-0.1, -0.05) is 6.07 Å². The lowest BCUT2D eigenvalue weighted by Crippen LogP contribution is -2.51. The van der Waals surface area contributed by atoms with Crippen molar-refractivity contribution in [1.29, 1.82) is 5.26 Å². The number of fused-ring (bicyclic) bond motifs is 1. The van der Waals surface area contributed by atoms with Gasteiger partial charge in [0.15, 0.2) is 5.03 Å². The molecule has 0 N–H and O–H groups in total. The number of hydrogen-bond donors (Lipinski definition) is 0. The summed E-state index contributed by atoms with van der Waals surface area (Å²) >= 11 is 0. The van der Waals surface area contributed by atoms with E-state index in [1.54, 1.807) is 39.9 Å². The van der Waals surface area contributed by atoms with Crippen LogP contribution in [0.2, 0.25) is 0 Å². The van der Waals surface area contributed by atoms with E-state index in [0.717, 1.165) is 16.9 Å². The van der Waals surface area contributed by atoms with Crippen molar-refractivity contribution in [3.05, 3.63) is 71.9 Å². The fourth-order valence-corrected chi connectivity index (χ4v) is 6.66. The minimum absolute atomic E-state index is 0.00509. The number of anilines is 1. The molecule has 1 atom stereocenters. The van der Waals surface area contributed by atoms with Gasteiger partial charge >= 0.3 is 6.09 Å². The Balaban J connectivity index is 1.65. The van der Waals surface area contributed by atoms with Crippen LogP contribution in [-0.4, -0.2) is 77.6 Å². The fraction of sp³-hybridized carbons (Fsp3) is 0.429. The molecule has 1 aliphatic heterocycles. The lowest BCUT2D eigenvalue weighted by atomic mass is 9.95. The first-order chi connectivity index (χ1) is 19.3. The number of unbranched alkanes of at least 4 members (excludes halogenated alkanes) is 1. The van der Waals surface area contributed by atoms with Gasteiger partial charge in [-0.15, -0.1) is 0 Å². The number of rotatable bonds is 11. The largest absolute Gasteiger partial charge is 0.453 e. The summed E-state index contributed by atoms with van der Waals surface area (Å²) in [7, 11) is -0.657. The molecule has 3 aromatic rings. The second-order valence-corrected chi connectivity index (χ2v) is 11.6. The van der Waals surface area contributed by atoms with Crippen LogP contribution < -0.4 is 4.90 Å². The van der Waals surface area contributed by atoms with Crippen LogP contribution in [0.1, 0.15) is 36.6 Å². The normalized spacial score (nSPS) is 15.0. The topological polar surface area (TPSA) is 125 Å². The second kappa shape index (κ2) is 12.9. The van der Waals surface area contributed by atoms with Gasteiger partial charge in [0, 0.05) is 57.3 Å². The number of hydrogen-bond acceptors (Lipinski definition) is 8. The molecular weight excluding hydrogens is 530 g/mol. The highest BCUT2D eigenvalue weighted by Gasteiger charge is 2.37. The molecule has 4 rings (SSSR count). The molecular formula is C28H35N7O4S. The van der Waals surface area contributed by atoms with Crippen molar-refractivity contribution >= 4 is 21.8 Å². The summed E-state index contributed by atoms with van der Waals surface area (Å²) in [5, 5.41) is 9.54. The van der Waals surface area contributed by atoms with Crippen LogP contribution in [0.15, 0.2) is 60.1 Å². The Labute approximate surface area is 235 Å². The molecule has 0 radical (unpaired) electrons. The number of sulfonamides is 1. The summed E-state index contributed by atoms with van der Waals surface area (Å²) in [5.74, 6) is 0. The highest BCUT2D eigenvalue weighted by molar-refractivity contribution is 7.89. The first-order valence-corrected chi connectivity index (χ1v) is 14.7. The van der Waals surface area contributed by atoms with Crippen LogP contribution in [-0.2, 0) is 34.8 Å². The fourth-order valence-electron chi connectivity index (χ4n) is 5.07. The SMILES string of the molecule is CCN(CCCCN(C1Cc2cc(C#N)ccc2N(Cc2cncn2C)C1)S(=O)(=O)c1ccccn1)C(=O)OC. The molecule has 40 heavy (non-hydrogen) atoms. The Kier molecular flexibility index (Phi) is 9.39. The maximum absolute atomic E-state index is 14.0. The van der Waals surface area contributed by atoms with E-state index >= 15 is 0 Å². The molecule has 1 aromatic carbocycles. The van der Waals surface area contributed by atoms with Crippen molar-refractivity contribution < 1.29 is 17.9 Å². The van der Waals surface area contributed by atoms with Gasteiger partial charge < -0.3 is 19.1 Å². The predicted octanol–water partition coefficient (Wildman–Crippen LogP) is 3.18. The van der Waals surface area contributed by atoms with Gasteiger partial charge in [0.05, 0.1) is 37.3 Å². The van der Waals surface area contributed by atoms with Crippen LogP contribution in [0.4, 0.5) is 10.5 Å². The molecule has 2 aromatic heterocycles. The third-order valence-corrected chi connectivity index (χ3v) is 9.06. The molecule has 0 saturated heterocycles. The first kappa shape index (κ1) is 29.0. The number of carbonyl (C=O) groups excluding carboxylic acids is 1. The van der Waals surface area contributed by atoms with Crippen molar-refractivity contribution in [2.45, 2.75) is 43.8 Å². The Bertz CT molecular complexity index is 1450. The maximum atomic E-state index is 14.0. The number of methoxy groups -OCH3 is 1. The van der Waals surface area contributed by atoms with Gasteiger partial charge in [0.25, 0.3) is 10.0 Å². The molecule has 1 aliphatic rings. The number of benzene rings is 1. The minimum atomic E-state index is -3.93. The van der Waals surface area contributed by atoms with Crippen molar-refractivity contribution in [2.24, 2.45) is 7.05 Å². The summed E-state index contributed by atoms with van der Waals surface area (Å²) in [6.45, 7) is 4.10. The predicted molar refractivity (Wildman–Crippen MR) is 150 cm³/mol. The quantitative estimate of drug-likeness (QED) is 0.325. The Morgan fingerprint density at radius 3 is 2.67 bits per heavy atom. The number of aromatic nitrogens is 3. The molecule has 0 fully saturated rings. The van der Waals surface area contributed by atoms with Crippen LogP contribution >= 0.6 is 0 Å². The molecule has 3 heterocycles. The number of amides is 1. The van der Waals surface area contributed by atoms with E-state index in [2.05, 4.69) is 20.9 Å². The summed E-state index contributed by atoms with van der Waals surface area (Å²) in [6, 6.07) is 12.2. The Morgan fingerprint density at radius 1 is 1.23 bits per heavy atom. The zero-order valence-electron chi connectivity index (χ0n) is 23.1. The Morgan fingerprint density at radius 2 is 2.02 bits per heavy atom. The summed E-state index contributed by atoms with van der Waals surface area (Å²) in [5.41, 5.74) is 3.41. The molecule has 1 amide bonds. The number of pyridine rings is 1. The zero-order valence-corrected chi connectivity index (χ0v) is 23.9. The van der Waals surface area contributed by atoms with Crippen LogP contribution in [0.5, 0.6) is 0 Å². The van der Waals surface area contributed by atoms with Crippen molar-refractivity contribution in [2.75, 3.05) is 38.2 Å². The van der Waals surface area contributed by atoms with E-state index < -0.39 is 22.2 Å². The van der Waals surface area contributed by atoms with Gasteiger partial charge in [0.1, 0.15) is 0 Å². The standard InChI is InChI=1S/C28H35N7O4S/c1-4-33(28(36)39-3)13-7-8-14-35(40(37,38)27-9-5-6-12-31-27)24-16-23-15-22(17-29)10-11-26(23)34(19-24)20-25-18-30-21-32(25)2/h5-6,9-12,15,18,21,24H,4,7-8,13-14,16,19-20H2,1-3H3. The summed E-state index contributed by atoms with van der Waals surface area (Å²) in [6.07, 6.45) is 6.23. The molecule has 11 nitrogen and oxygen atoms in total.